The maximum atomic E-state index is 14.5. The van der Waals surface area contributed by atoms with Crippen molar-refractivity contribution in [1.82, 2.24) is 30.0 Å². The molecule has 10 nitrogen and oxygen atoms in total. The number of aromatic nitrogens is 4. The molecular weight excluding hydrogens is 628 g/mol. The quantitative estimate of drug-likeness (QED) is 0.209. The molecule has 0 unspecified atom stereocenters. The molecule has 1 spiro atoms. The highest BCUT2D eigenvalue weighted by molar-refractivity contribution is 6.07. The highest BCUT2D eigenvalue weighted by Crippen LogP contribution is 2.48. The van der Waals surface area contributed by atoms with E-state index in [2.05, 4.69) is 40.2 Å². The smallest absolute Gasteiger partial charge is 0.319 e. The number of nitrogens with zero attached hydrogens (tertiary/aromatic N) is 6. The number of benzene rings is 2. The fourth-order valence-corrected chi connectivity index (χ4v) is 7.54. The van der Waals surface area contributed by atoms with E-state index in [1.165, 1.54) is 6.08 Å². The summed E-state index contributed by atoms with van der Waals surface area (Å²) in [6.45, 7) is 14.4. The minimum absolute atomic E-state index is 0.0372. The summed E-state index contributed by atoms with van der Waals surface area (Å²) in [5, 5.41) is 8.80. The summed E-state index contributed by atoms with van der Waals surface area (Å²) in [4.78, 5) is 28.5. The Bertz CT molecular complexity index is 1910. The number of rotatable bonds is 9. The fourth-order valence-electron chi connectivity index (χ4n) is 7.54. The van der Waals surface area contributed by atoms with Crippen LogP contribution in [0.3, 0.4) is 0 Å². The molecule has 49 heavy (non-hydrogen) atoms. The van der Waals surface area contributed by atoms with E-state index in [9.17, 15) is 13.6 Å². The van der Waals surface area contributed by atoms with E-state index in [1.807, 2.05) is 30.0 Å². The van der Waals surface area contributed by atoms with Gasteiger partial charge in [-0.2, -0.15) is 15.1 Å². The van der Waals surface area contributed by atoms with Crippen LogP contribution in [0.15, 0.2) is 43.6 Å². The molecule has 0 bridgehead atoms. The number of anilines is 1. The van der Waals surface area contributed by atoms with Crippen LogP contribution >= 0.6 is 0 Å². The van der Waals surface area contributed by atoms with Gasteiger partial charge in [0.05, 0.1) is 11.7 Å². The van der Waals surface area contributed by atoms with Gasteiger partial charge in [0.25, 0.3) is 5.92 Å². The second kappa shape index (κ2) is 12.7. The third-order valence-corrected chi connectivity index (χ3v) is 10.3. The minimum Gasteiger partial charge on any atom is -0.484 e. The van der Waals surface area contributed by atoms with Gasteiger partial charge in [-0.3, -0.25) is 9.89 Å². The van der Waals surface area contributed by atoms with Crippen LogP contribution in [0.1, 0.15) is 43.7 Å². The Kier molecular flexibility index (Phi) is 8.54. The number of hydrogen-bond acceptors (Lipinski definition) is 8. The first-order valence-electron chi connectivity index (χ1n) is 16.9. The number of piperidine rings is 2. The molecule has 0 saturated carbocycles. The summed E-state index contributed by atoms with van der Waals surface area (Å²) in [7, 11) is 2.09. The highest BCUT2D eigenvalue weighted by Gasteiger charge is 2.46. The van der Waals surface area contributed by atoms with Crippen molar-refractivity contribution in [2.75, 3.05) is 57.8 Å². The normalized spacial score (nSPS) is 18.6. The van der Waals surface area contributed by atoms with Crippen LogP contribution in [0.2, 0.25) is 0 Å². The number of carbonyl (C=O) groups excluding carboxylic acids is 1. The Morgan fingerprint density at radius 3 is 2.51 bits per heavy atom. The van der Waals surface area contributed by atoms with Crippen molar-refractivity contribution in [2.45, 2.75) is 51.6 Å². The number of ether oxygens (including phenoxy) is 2. The van der Waals surface area contributed by atoms with E-state index < -0.39 is 12.5 Å². The molecule has 4 aromatic rings. The van der Waals surface area contributed by atoms with Gasteiger partial charge in [-0.25, -0.2) is 8.78 Å². The van der Waals surface area contributed by atoms with E-state index >= 15 is 0 Å². The van der Waals surface area contributed by atoms with Gasteiger partial charge in [0.2, 0.25) is 5.91 Å². The number of amides is 1. The topological polar surface area (TPSA) is 99.7 Å². The molecule has 5 heterocycles. The third kappa shape index (κ3) is 6.34. The molecule has 3 saturated heterocycles. The van der Waals surface area contributed by atoms with Gasteiger partial charge in [0.15, 0.2) is 12.4 Å². The SMILES string of the molecule is C=CC(=O)N1CC2(CCN(c3nc(OC4CCN(C)CC4)nc4c(OCC(C)(F)F)c(-c5c(C)ccc6[nH]ncc56)c(C=C)cc34)CC2)C1. The zero-order chi connectivity index (χ0) is 34.5. The molecule has 258 valence electrons. The molecule has 2 aromatic carbocycles. The van der Waals surface area contributed by atoms with Crippen LogP contribution < -0.4 is 14.4 Å². The second-order valence-corrected chi connectivity index (χ2v) is 14.1. The largest absolute Gasteiger partial charge is 0.484 e. The number of likely N-dealkylation sites (tertiary alicyclic amines) is 2. The average molecular weight is 672 g/mol. The lowest BCUT2D eigenvalue weighted by Crippen LogP contribution is -2.61. The first-order chi connectivity index (χ1) is 23.5. The maximum Gasteiger partial charge on any atom is 0.319 e. The van der Waals surface area contributed by atoms with Gasteiger partial charge >= 0.3 is 6.01 Å². The third-order valence-electron chi connectivity index (χ3n) is 10.3. The molecule has 3 fully saturated rings. The Hall–Kier alpha value is -4.58. The number of alkyl halides is 2. The zero-order valence-corrected chi connectivity index (χ0v) is 28.4. The number of aryl methyl sites for hydroxylation is 1. The van der Waals surface area contributed by atoms with Crippen molar-refractivity contribution in [1.29, 1.82) is 0 Å². The van der Waals surface area contributed by atoms with Crippen LogP contribution in [0.25, 0.3) is 39.0 Å². The summed E-state index contributed by atoms with van der Waals surface area (Å²) >= 11 is 0. The van der Waals surface area contributed by atoms with E-state index in [0.29, 0.717) is 54.0 Å². The predicted molar refractivity (Wildman–Crippen MR) is 187 cm³/mol. The lowest BCUT2D eigenvalue weighted by molar-refractivity contribution is -0.139. The van der Waals surface area contributed by atoms with E-state index in [0.717, 1.165) is 67.7 Å². The van der Waals surface area contributed by atoms with Gasteiger partial charge < -0.3 is 24.2 Å². The molecule has 3 aliphatic rings. The number of nitrogens with one attached hydrogen (secondary N) is 1. The molecule has 0 radical (unpaired) electrons. The lowest BCUT2D eigenvalue weighted by atomic mass is 9.72. The molecule has 7 rings (SSSR count). The van der Waals surface area contributed by atoms with E-state index in [1.54, 1.807) is 12.3 Å². The molecule has 0 atom stereocenters. The molecular formula is C37H43F2N7O3. The van der Waals surface area contributed by atoms with Gasteiger partial charge in [-0.1, -0.05) is 25.3 Å². The van der Waals surface area contributed by atoms with Crippen LogP contribution in [0.4, 0.5) is 14.6 Å². The maximum absolute atomic E-state index is 14.5. The van der Waals surface area contributed by atoms with Crippen molar-refractivity contribution >= 4 is 39.6 Å². The molecule has 0 aliphatic carbocycles. The Labute approximate surface area is 284 Å². The Balaban J connectivity index is 1.38. The van der Waals surface area contributed by atoms with Crippen LogP contribution in [-0.2, 0) is 4.79 Å². The van der Waals surface area contributed by atoms with Crippen molar-refractivity contribution in [3.05, 3.63) is 54.8 Å². The number of H-pyrrole nitrogens is 1. The molecule has 3 aliphatic heterocycles. The minimum atomic E-state index is -3.10. The first kappa shape index (κ1) is 32.9. The predicted octanol–water partition coefficient (Wildman–Crippen LogP) is 6.25. The summed E-state index contributed by atoms with van der Waals surface area (Å²) in [5.74, 6) is -2.24. The number of halogens is 2. The van der Waals surface area contributed by atoms with Gasteiger partial charge in [-0.15, -0.1) is 0 Å². The second-order valence-electron chi connectivity index (χ2n) is 14.1. The van der Waals surface area contributed by atoms with Crippen LogP contribution in [-0.4, -0.2) is 101 Å². The van der Waals surface area contributed by atoms with E-state index in [4.69, 9.17) is 19.4 Å². The average Bonchev–Trinajstić information content (AvgIpc) is 3.55. The number of hydrogen-bond donors (Lipinski definition) is 1. The van der Waals surface area contributed by atoms with Crippen molar-refractivity contribution in [3.8, 4) is 22.9 Å². The van der Waals surface area contributed by atoms with Crippen molar-refractivity contribution in [2.24, 2.45) is 5.41 Å². The number of aromatic amines is 1. The Morgan fingerprint density at radius 1 is 1.10 bits per heavy atom. The first-order valence-corrected chi connectivity index (χ1v) is 16.9. The standard InChI is InChI=1S/C37H43F2N7O3/c1-6-24-18-26-32(33(48-22-36(4,38)39)31(24)30-23(3)8-9-28-27(30)19-40-43-28)41-35(49-25-10-14-44(5)15-11-25)42-34(26)45-16-12-37(13-17-45)20-46(21-37)29(47)7-2/h6-9,18-19,25H,1-2,10-17,20-22H2,3-5H3,(H,40,43). The summed E-state index contributed by atoms with van der Waals surface area (Å²) in [6, 6.07) is 6.10. The number of carbonyl (C=O) groups is 1. The van der Waals surface area contributed by atoms with Gasteiger partial charge in [0.1, 0.15) is 17.4 Å². The monoisotopic (exact) mass is 671 g/mol. The summed E-state index contributed by atoms with van der Waals surface area (Å²) in [5.41, 5.74) is 4.33. The molecule has 2 aromatic heterocycles. The highest BCUT2D eigenvalue weighted by atomic mass is 19.3. The molecule has 12 heteroatoms. The molecule has 1 N–H and O–H groups in total. The lowest BCUT2D eigenvalue weighted by Gasteiger charge is -2.54. The van der Waals surface area contributed by atoms with Crippen LogP contribution in [0, 0.1) is 12.3 Å². The van der Waals surface area contributed by atoms with E-state index in [-0.39, 0.29) is 29.2 Å². The molecule has 1 amide bonds. The Morgan fingerprint density at radius 2 is 1.84 bits per heavy atom. The van der Waals surface area contributed by atoms with Crippen molar-refractivity contribution in [3.63, 3.8) is 0 Å². The van der Waals surface area contributed by atoms with Gasteiger partial charge in [0, 0.05) is 67.9 Å². The fraction of sp³-hybridized carbons (Fsp3) is 0.459. The van der Waals surface area contributed by atoms with Gasteiger partial charge in [-0.05, 0) is 74.6 Å². The number of fused-ring (bicyclic) bond motifs is 2. The van der Waals surface area contributed by atoms with Crippen LogP contribution in [0.5, 0.6) is 11.8 Å². The van der Waals surface area contributed by atoms with Crippen molar-refractivity contribution < 1.29 is 23.0 Å². The summed E-state index contributed by atoms with van der Waals surface area (Å²) < 4.78 is 41.7. The summed E-state index contributed by atoms with van der Waals surface area (Å²) in [6.07, 6.45) is 8.17. The zero-order valence-electron chi connectivity index (χ0n) is 28.4.